The Kier molecular flexibility index (Phi) is 5.50. The Bertz CT molecular complexity index is 803. The molecule has 1 fully saturated rings. The van der Waals surface area contributed by atoms with Gasteiger partial charge in [-0.15, -0.1) is 11.3 Å². The minimum absolute atomic E-state index is 0.0363. The highest BCUT2D eigenvalue weighted by atomic mass is 32.1. The van der Waals surface area contributed by atoms with Crippen LogP contribution in [0.3, 0.4) is 0 Å². The molecule has 0 radical (unpaired) electrons. The number of urea groups is 1. The van der Waals surface area contributed by atoms with Crippen molar-refractivity contribution in [3.63, 3.8) is 0 Å². The fourth-order valence-corrected chi connectivity index (χ4v) is 4.81. The molecular formula is C18H23N3O5S. The molecule has 1 N–H and O–H groups in total. The third-order valence-electron chi connectivity index (χ3n) is 4.78. The van der Waals surface area contributed by atoms with Gasteiger partial charge in [0.2, 0.25) is 5.91 Å². The molecule has 27 heavy (non-hydrogen) atoms. The lowest BCUT2D eigenvalue weighted by Crippen LogP contribution is -2.38. The summed E-state index contributed by atoms with van der Waals surface area (Å²) in [4.78, 5) is 52.0. The maximum absolute atomic E-state index is 12.5. The van der Waals surface area contributed by atoms with Crippen LogP contribution in [0.5, 0.6) is 0 Å². The fraction of sp³-hybridized carbons (Fsp3) is 0.556. The standard InChI is InChI=1S/C18H23N3O5S/c1-4-26-17(24)15-11-6-5-10(2)7-12(11)27-16(15)19-13(22)8-21-14(23)9-20(3)18(21)25/h10H,4-9H2,1-3H3,(H,19,22)/t10-/m1/s1. The SMILES string of the molecule is CCOC(=O)c1c(NC(=O)CN2C(=O)CN(C)C2=O)sc2c1CC[C@@H](C)C2. The normalized spacial score (nSPS) is 19.3. The molecule has 1 saturated heterocycles. The van der Waals surface area contributed by atoms with Crippen LogP contribution in [0.4, 0.5) is 9.80 Å². The second kappa shape index (κ2) is 7.67. The number of esters is 1. The molecule has 0 saturated carbocycles. The van der Waals surface area contributed by atoms with Crippen molar-refractivity contribution in [2.45, 2.75) is 33.1 Å². The van der Waals surface area contributed by atoms with Crippen molar-refractivity contribution in [2.24, 2.45) is 5.92 Å². The first-order chi connectivity index (χ1) is 12.8. The van der Waals surface area contributed by atoms with Crippen molar-refractivity contribution in [2.75, 3.05) is 32.1 Å². The summed E-state index contributed by atoms with van der Waals surface area (Å²) in [6, 6.07) is -0.500. The molecule has 0 bridgehead atoms. The van der Waals surface area contributed by atoms with Gasteiger partial charge in [-0.3, -0.25) is 14.5 Å². The predicted molar refractivity (Wildman–Crippen MR) is 99.8 cm³/mol. The molecule has 1 aromatic heterocycles. The van der Waals surface area contributed by atoms with E-state index >= 15 is 0 Å². The number of hydrogen-bond donors (Lipinski definition) is 1. The Morgan fingerprint density at radius 3 is 2.70 bits per heavy atom. The Balaban J connectivity index is 1.81. The number of anilines is 1. The van der Waals surface area contributed by atoms with Gasteiger partial charge < -0.3 is 15.0 Å². The number of hydrogen-bond acceptors (Lipinski definition) is 6. The second-order valence-corrected chi connectivity index (χ2v) is 8.05. The zero-order valence-electron chi connectivity index (χ0n) is 15.7. The van der Waals surface area contributed by atoms with E-state index in [1.807, 2.05) is 0 Å². The van der Waals surface area contributed by atoms with Gasteiger partial charge in [0.1, 0.15) is 18.1 Å². The van der Waals surface area contributed by atoms with E-state index in [1.165, 1.54) is 23.3 Å². The van der Waals surface area contributed by atoms with Crippen LogP contribution in [0.2, 0.25) is 0 Å². The molecule has 2 aliphatic rings. The van der Waals surface area contributed by atoms with E-state index in [9.17, 15) is 19.2 Å². The van der Waals surface area contributed by atoms with E-state index in [-0.39, 0.29) is 19.7 Å². The molecule has 0 aromatic carbocycles. The minimum Gasteiger partial charge on any atom is -0.462 e. The van der Waals surface area contributed by atoms with Gasteiger partial charge >= 0.3 is 12.0 Å². The molecule has 1 aromatic rings. The van der Waals surface area contributed by atoms with E-state index in [0.29, 0.717) is 16.5 Å². The summed E-state index contributed by atoms with van der Waals surface area (Å²) in [5.74, 6) is -0.857. The molecule has 9 heteroatoms. The van der Waals surface area contributed by atoms with Crippen molar-refractivity contribution in [3.05, 3.63) is 16.0 Å². The van der Waals surface area contributed by atoms with Gasteiger partial charge in [-0.05, 0) is 37.7 Å². The third-order valence-corrected chi connectivity index (χ3v) is 5.95. The Morgan fingerprint density at radius 1 is 1.33 bits per heavy atom. The summed E-state index contributed by atoms with van der Waals surface area (Å²) in [5.41, 5.74) is 1.35. The van der Waals surface area contributed by atoms with E-state index in [2.05, 4.69) is 12.2 Å². The molecule has 4 amide bonds. The van der Waals surface area contributed by atoms with E-state index < -0.39 is 23.8 Å². The highest BCUT2D eigenvalue weighted by molar-refractivity contribution is 7.17. The van der Waals surface area contributed by atoms with Crippen LogP contribution < -0.4 is 5.32 Å². The number of nitrogens with one attached hydrogen (secondary N) is 1. The van der Waals surface area contributed by atoms with Gasteiger partial charge in [-0.2, -0.15) is 0 Å². The maximum atomic E-state index is 12.5. The lowest BCUT2D eigenvalue weighted by Gasteiger charge is -2.18. The average Bonchev–Trinajstić information content (AvgIpc) is 3.06. The summed E-state index contributed by atoms with van der Waals surface area (Å²) in [6.07, 6.45) is 2.60. The number of imide groups is 1. The molecule has 0 unspecified atom stereocenters. The smallest absolute Gasteiger partial charge is 0.341 e. The van der Waals surface area contributed by atoms with E-state index in [4.69, 9.17) is 4.74 Å². The highest BCUT2D eigenvalue weighted by Gasteiger charge is 2.35. The molecule has 1 aliphatic heterocycles. The Morgan fingerprint density at radius 2 is 2.07 bits per heavy atom. The number of rotatable bonds is 5. The third kappa shape index (κ3) is 3.83. The molecule has 8 nitrogen and oxygen atoms in total. The Hall–Kier alpha value is -2.42. The van der Waals surface area contributed by atoms with Gasteiger partial charge in [0, 0.05) is 11.9 Å². The zero-order chi connectivity index (χ0) is 19.7. The number of nitrogens with zero attached hydrogens (tertiary/aromatic N) is 2. The number of amides is 4. The van der Waals surface area contributed by atoms with Crippen LogP contribution in [0.1, 0.15) is 41.1 Å². The first-order valence-electron chi connectivity index (χ1n) is 8.98. The molecule has 146 valence electrons. The van der Waals surface area contributed by atoms with Crippen LogP contribution in [0.15, 0.2) is 0 Å². The molecule has 1 aliphatic carbocycles. The molecule has 3 rings (SSSR count). The number of ether oxygens (including phenoxy) is 1. The van der Waals surface area contributed by atoms with Crippen molar-refractivity contribution in [1.29, 1.82) is 0 Å². The lowest BCUT2D eigenvalue weighted by atomic mass is 9.88. The Labute approximate surface area is 161 Å². The van der Waals surface area contributed by atoms with E-state index in [1.54, 1.807) is 6.92 Å². The van der Waals surface area contributed by atoms with Crippen molar-refractivity contribution in [1.82, 2.24) is 9.80 Å². The van der Waals surface area contributed by atoms with Crippen LogP contribution in [0, 0.1) is 5.92 Å². The van der Waals surface area contributed by atoms with Crippen LogP contribution in [-0.2, 0) is 27.2 Å². The molecule has 1 atom stereocenters. The predicted octanol–water partition coefficient (Wildman–Crippen LogP) is 1.88. The van der Waals surface area contributed by atoms with E-state index in [0.717, 1.165) is 34.6 Å². The lowest BCUT2D eigenvalue weighted by molar-refractivity contribution is -0.129. The summed E-state index contributed by atoms with van der Waals surface area (Å²) >= 11 is 1.38. The average molecular weight is 393 g/mol. The van der Waals surface area contributed by atoms with Gasteiger partial charge in [0.15, 0.2) is 0 Å². The summed E-state index contributed by atoms with van der Waals surface area (Å²) in [6.45, 7) is 3.73. The molecule has 2 heterocycles. The minimum atomic E-state index is -0.510. The zero-order valence-corrected chi connectivity index (χ0v) is 16.5. The van der Waals surface area contributed by atoms with Gasteiger partial charge in [0.05, 0.1) is 12.2 Å². The molecular weight excluding hydrogens is 370 g/mol. The summed E-state index contributed by atoms with van der Waals surface area (Å²) < 4.78 is 5.17. The summed E-state index contributed by atoms with van der Waals surface area (Å²) in [7, 11) is 1.51. The maximum Gasteiger partial charge on any atom is 0.341 e. The number of likely N-dealkylation sites (N-methyl/N-ethyl adjacent to an activating group) is 1. The molecule has 0 spiro atoms. The van der Waals surface area contributed by atoms with Gasteiger partial charge in [-0.25, -0.2) is 9.59 Å². The quantitative estimate of drug-likeness (QED) is 0.609. The van der Waals surface area contributed by atoms with Crippen LogP contribution in [0.25, 0.3) is 0 Å². The van der Waals surface area contributed by atoms with Crippen molar-refractivity contribution < 1.29 is 23.9 Å². The van der Waals surface area contributed by atoms with Crippen LogP contribution >= 0.6 is 11.3 Å². The summed E-state index contributed by atoms with van der Waals surface area (Å²) in [5, 5.41) is 3.15. The van der Waals surface area contributed by atoms with Crippen molar-refractivity contribution in [3.8, 4) is 0 Å². The number of thiophene rings is 1. The highest BCUT2D eigenvalue weighted by Crippen LogP contribution is 2.40. The topological polar surface area (TPSA) is 96.0 Å². The number of fused-ring (bicyclic) bond motifs is 1. The number of carbonyl (C=O) groups is 4. The monoisotopic (exact) mass is 393 g/mol. The van der Waals surface area contributed by atoms with Crippen LogP contribution in [-0.4, -0.2) is 60.4 Å². The number of carbonyl (C=O) groups excluding carboxylic acids is 4. The largest absolute Gasteiger partial charge is 0.462 e. The first kappa shape index (κ1) is 19.3. The van der Waals surface area contributed by atoms with Gasteiger partial charge in [-0.1, -0.05) is 6.92 Å². The second-order valence-electron chi connectivity index (χ2n) is 6.94. The van der Waals surface area contributed by atoms with Crippen molar-refractivity contribution >= 4 is 40.2 Å². The first-order valence-corrected chi connectivity index (χ1v) is 9.80. The fourth-order valence-electron chi connectivity index (χ4n) is 3.39. The van der Waals surface area contributed by atoms with Gasteiger partial charge in [0.25, 0.3) is 5.91 Å².